The Labute approximate surface area is 91.3 Å². The molecule has 2 heteroatoms. The van der Waals surface area contributed by atoms with Gasteiger partial charge in [0.15, 0.2) is 0 Å². The number of rotatable bonds is 2. The summed E-state index contributed by atoms with van der Waals surface area (Å²) in [6.07, 6.45) is 7.35. The fourth-order valence-corrected chi connectivity index (χ4v) is 2.50. The minimum absolute atomic E-state index is 0.785. The zero-order valence-electron chi connectivity index (χ0n) is 9.37. The fraction of sp³-hybridized carbons (Fsp3) is 0.615. The van der Waals surface area contributed by atoms with Crippen molar-refractivity contribution in [1.29, 1.82) is 0 Å². The monoisotopic (exact) mass is 202 g/mol. The first-order chi connectivity index (χ1) is 7.38. The Morgan fingerprint density at radius 3 is 3.07 bits per heavy atom. The van der Waals surface area contributed by atoms with E-state index in [0.717, 1.165) is 12.5 Å². The van der Waals surface area contributed by atoms with Gasteiger partial charge in [0.25, 0.3) is 0 Å². The summed E-state index contributed by atoms with van der Waals surface area (Å²) >= 11 is 0. The number of pyridine rings is 1. The lowest BCUT2D eigenvalue weighted by molar-refractivity contribution is 0.702. The Hall–Kier alpha value is -1.05. The highest BCUT2D eigenvalue weighted by molar-refractivity contribution is 5.54. The Morgan fingerprint density at radius 2 is 2.33 bits per heavy atom. The second-order valence-electron chi connectivity index (χ2n) is 4.70. The van der Waals surface area contributed by atoms with Gasteiger partial charge < -0.3 is 4.90 Å². The molecule has 1 fully saturated rings. The quantitative estimate of drug-likeness (QED) is 0.733. The molecular weight excluding hydrogens is 184 g/mol. The number of hydrogen-bond donors (Lipinski definition) is 0. The van der Waals surface area contributed by atoms with Crippen LogP contribution < -0.4 is 4.90 Å². The van der Waals surface area contributed by atoms with Crippen molar-refractivity contribution in [2.45, 2.75) is 38.5 Å². The van der Waals surface area contributed by atoms with Gasteiger partial charge in [-0.2, -0.15) is 0 Å². The molecule has 1 aromatic rings. The van der Waals surface area contributed by atoms with Gasteiger partial charge in [-0.15, -0.1) is 0 Å². The molecule has 80 valence electrons. The van der Waals surface area contributed by atoms with Crippen molar-refractivity contribution in [2.75, 3.05) is 18.0 Å². The molecule has 0 atom stereocenters. The zero-order valence-corrected chi connectivity index (χ0v) is 9.37. The molecule has 0 amide bonds. The summed E-state index contributed by atoms with van der Waals surface area (Å²) in [5.74, 6) is 0.785. The lowest BCUT2D eigenvalue weighted by atomic mass is 10.0. The summed E-state index contributed by atoms with van der Waals surface area (Å²) in [4.78, 5) is 7.06. The highest BCUT2D eigenvalue weighted by Crippen LogP contribution is 2.40. The number of fused-ring (bicyclic) bond motifs is 1. The smallest absolute Gasteiger partial charge is 0.0585 e. The Kier molecular flexibility index (Phi) is 2.15. The van der Waals surface area contributed by atoms with Gasteiger partial charge in [-0.1, -0.05) is 0 Å². The third-order valence-electron chi connectivity index (χ3n) is 3.58. The first-order valence-corrected chi connectivity index (χ1v) is 6.12. The maximum atomic E-state index is 4.61. The second-order valence-corrected chi connectivity index (χ2v) is 4.70. The first kappa shape index (κ1) is 9.20. The molecule has 1 aliphatic heterocycles. The predicted octanol–water partition coefficient (Wildman–Crippen LogP) is 2.73. The van der Waals surface area contributed by atoms with Gasteiger partial charge in [0, 0.05) is 24.7 Å². The van der Waals surface area contributed by atoms with Crippen molar-refractivity contribution < 1.29 is 0 Å². The summed E-state index contributed by atoms with van der Waals surface area (Å²) in [6.45, 7) is 4.54. The molecule has 2 aliphatic rings. The largest absolute Gasteiger partial charge is 0.370 e. The standard InChI is InChI=1S/C13H18N2/c1-2-15-7-3-4-11-8-12(10-5-6-10)14-9-13(11)15/h8-10H,2-7H2,1H3. The van der Waals surface area contributed by atoms with E-state index in [0.29, 0.717) is 0 Å². The molecular formula is C13H18N2. The van der Waals surface area contributed by atoms with Crippen LogP contribution >= 0.6 is 0 Å². The molecule has 2 heterocycles. The van der Waals surface area contributed by atoms with Crippen LogP contribution in [0.2, 0.25) is 0 Å². The minimum Gasteiger partial charge on any atom is -0.370 e. The molecule has 1 aromatic heterocycles. The molecule has 0 bridgehead atoms. The zero-order chi connectivity index (χ0) is 10.3. The van der Waals surface area contributed by atoms with Crippen molar-refractivity contribution in [3.63, 3.8) is 0 Å². The number of nitrogens with zero attached hydrogens (tertiary/aromatic N) is 2. The molecule has 0 N–H and O–H groups in total. The molecule has 0 unspecified atom stereocenters. The van der Waals surface area contributed by atoms with Gasteiger partial charge in [0.1, 0.15) is 0 Å². The van der Waals surface area contributed by atoms with Crippen LogP contribution in [0.25, 0.3) is 0 Å². The van der Waals surface area contributed by atoms with E-state index in [4.69, 9.17) is 0 Å². The number of anilines is 1. The van der Waals surface area contributed by atoms with Crippen molar-refractivity contribution in [3.05, 3.63) is 23.5 Å². The van der Waals surface area contributed by atoms with E-state index >= 15 is 0 Å². The van der Waals surface area contributed by atoms with Crippen LogP contribution in [0.3, 0.4) is 0 Å². The maximum absolute atomic E-state index is 4.61. The van der Waals surface area contributed by atoms with Gasteiger partial charge in [0.2, 0.25) is 0 Å². The van der Waals surface area contributed by atoms with E-state index in [1.165, 1.54) is 49.2 Å². The minimum atomic E-state index is 0.785. The third kappa shape index (κ3) is 1.62. The predicted molar refractivity (Wildman–Crippen MR) is 62.4 cm³/mol. The Balaban J connectivity index is 1.96. The van der Waals surface area contributed by atoms with Crippen LogP contribution in [-0.4, -0.2) is 18.1 Å². The Morgan fingerprint density at radius 1 is 1.47 bits per heavy atom. The molecule has 0 spiro atoms. The van der Waals surface area contributed by atoms with Crippen LogP contribution in [0.4, 0.5) is 5.69 Å². The van der Waals surface area contributed by atoms with Crippen LogP contribution in [-0.2, 0) is 6.42 Å². The molecule has 0 radical (unpaired) electrons. The highest BCUT2D eigenvalue weighted by Gasteiger charge is 2.26. The summed E-state index contributed by atoms with van der Waals surface area (Å²) < 4.78 is 0. The summed E-state index contributed by atoms with van der Waals surface area (Å²) in [7, 11) is 0. The van der Waals surface area contributed by atoms with Crippen molar-refractivity contribution in [2.24, 2.45) is 0 Å². The highest BCUT2D eigenvalue weighted by atomic mass is 15.1. The number of hydrogen-bond acceptors (Lipinski definition) is 2. The van der Waals surface area contributed by atoms with Gasteiger partial charge in [0.05, 0.1) is 11.9 Å². The van der Waals surface area contributed by atoms with E-state index in [-0.39, 0.29) is 0 Å². The number of aryl methyl sites for hydroxylation is 1. The molecule has 0 saturated heterocycles. The average molecular weight is 202 g/mol. The molecule has 1 aliphatic carbocycles. The van der Waals surface area contributed by atoms with E-state index in [1.807, 2.05) is 0 Å². The Bertz CT molecular complexity index is 369. The van der Waals surface area contributed by atoms with Gasteiger partial charge in [-0.25, -0.2) is 0 Å². The van der Waals surface area contributed by atoms with E-state index in [9.17, 15) is 0 Å². The summed E-state index contributed by atoms with van der Waals surface area (Å²) in [5.41, 5.74) is 4.25. The third-order valence-corrected chi connectivity index (χ3v) is 3.58. The van der Waals surface area contributed by atoms with Crippen LogP contribution in [0.1, 0.15) is 43.4 Å². The number of aromatic nitrogens is 1. The summed E-state index contributed by atoms with van der Waals surface area (Å²) in [5, 5.41) is 0. The maximum Gasteiger partial charge on any atom is 0.0585 e. The van der Waals surface area contributed by atoms with Crippen molar-refractivity contribution >= 4 is 5.69 Å². The fourth-order valence-electron chi connectivity index (χ4n) is 2.50. The van der Waals surface area contributed by atoms with Gasteiger partial charge >= 0.3 is 0 Å². The molecule has 0 aromatic carbocycles. The normalized spacial score (nSPS) is 20.2. The second kappa shape index (κ2) is 3.51. The van der Waals surface area contributed by atoms with E-state index in [2.05, 4.69) is 29.1 Å². The average Bonchev–Trinajstić information content (AvgIpc) is 3.11. The molecule has 3 rings (SSSR count). The van der Waals surface area contributed by atoms with E-state index < -0.39 is 0 Å². The van der Waals surface area contributed by atoms with Crippen LogP contribution in [0.15, 0.2) is 12.3 Å². The SMILES string of the molecule is CCN1CCCc2cc(C3CC3)ncc21. The molecule has 1 saturated carbocycles. The van der Waals surface area contributed by atoms with Crippen LogP contribution in [0, 0.1) is 0 Å². The van der Waals surface area contributed by atoms with Crippen molar-refractivity contribution in [3.8, 4) is 0 Å². The molecule has 2 nitrogen and oxygen atoms in total. The topological polar surface area (TPSA) is 16.1 Å². The first-order valence-electron chi connectivity index (χ1n) is 6.12. The lowest BCUT2D eigenvalue weighted by Gasteiger charge is -2.30. The van der Waals surface area contributed by atoms with Gasteiger partial charge in [-0.3, -0.25) is 4.98 Å². The lowest BCUT2D eigenvalue weighted by Crippen LogP contribution is -2.29. The van der Waals surface area contributed by atoms with Crippen LogP contribution in [0.5, 0.6) is 0 Å². The van der Waals surface area contributed by atoms with Gasteiger partial charge in [-0.05, 0) is 44.2 Å². The summed E-state index contributed by atoms with van der Waals surface area (Å²) in [6, 6.07) is 2.36. The molecule has 15 heavy (non-hydrogen) atoms. The van der Waals surface area contributed by atoms with Crippen molar-refractivity contribution in [1.82, 2.24) is 4.98 Å². The van der Waals surface area contributed by atoms with E-state index in [1.54, 1.807) is 0 Å².